The van der Waals surface area contributed by atoms with E-state index in [1.807, 2.05) is 42.1 Å². The Bertz CT molecular complexity index is 650. The van der Waals surface area contributed by atoms with Crippen molar-refractivity contribution in [3.05, 3.63) is 65.7 Å². The molecule has 0 radical (unpaired) electrons. The Labute approximate surface area is 184 Å². The van der Waals surface area contributed by atoms with Gasteiger partial charge in [0.25, 0.3) is 0 Å². The van der Waals surface area contributed by atoms with E-state index in [0.717, 1.165) is 36.8 Å². The van der Waals surface area contributed by atoms with Crippen LogP contribution in [0.2, 0.25) is 0 Å². The predicted octanol–water partition coefficient (Wildman–Crippen LogP) is 4.69. The van der Waals surface area contributed by atoms with Gasteiger partial charge in [0.1, 0.15) is 12.4 Å². The number of nitrogens with zero attached hydrogens (tertiary/aromatic N) is 1. The molecule has 0 aliphatic rings. The number of benzene rings is 2. The predicted molar refractivity (Wildman–Crippen MR) is 128 cm³/mol. The molecule has 0 aliphatic carbocycles. The Balaban J connectivity index is 0.00000364. The van der Waals surface area contributed by atoms with Gasteiger partial charge in [-0.2, -0.15) is 11.8 Å². The van der Waals surface area contributed by atoms with Gasteiger partial charge in [0.05, 0.1) is 0 Å². The summed E-state index contributed by atoms with van der Waals surface area (Å²) in [5.74, 6) is 2.96. The first kappa shape index (κ1) is 23.6. The number of halogens is 1. The number of thioether (sulfide) groups is 1. The topological polar surface area (TPSA) is 45.7 Å². The van der Waals surface area contributed by atoms with Gasteiger partial charge in [0.15, 0.2) is 5.96 Å². The van der Waals surface area contributed by atoms with Crippen molar-refractivity contribution >= 4 is 41.7 Å². The van der Waals surface area contributed by atoms with Crippen LogP contribution in [-0.4, -0.2) is 31.6 Å². The lowest BCUT2D eigenvalue weighted by Gasteiger charge is -2.12. The lowest BCUT2D eigenvalue weighted by molar-refractivity contribution is 0.306. The zero-order valence-corrected chi connectivity index (χ0v) is 19.3. The zero-order valence-electron chi connectivity index (χ0n) is 16.1. The molecule has 27 heavy (non-hydrogen) atoms. The maximum Gasteiger partial charge on any atom is 0.191 e. The molecule has 0 aromatic heterocycles. The molecule has 4 nitrogen and oxygen atoms in total. The van der Waals surface area contributed by atoms with E-state index in [-0.39, 0.29) is 24.0 Å². The molecule has 2 rings (SSSR count). The van der Waals surface area contributed by atoms with E-state index in [2.05, 4.69) is 46.1 Å². The van der Waals surface area contributed by atoms with Crippen LogP contribution >= 0.6 is 35.7 Å². The molecule has 0 unspecified atom stereocenters. The highest BCUT2D eigenvalue weighted by molar-refractivity contribution is 14.0. The summed E-state index contributed by atoms with van der Waals surface area (Å²) in [6.45, 7) is 2.29. The third-order valence-corrected chi connectivity index (χ3v) is 4.62. The number of nitrogens with one attached hydrogen (secondary N) is 2. The molecule has 0 fully saturated rings. The minimum Gasteiger partial charge on any atom is -0.489 e. The van der Waals surface area contributed by atoms with E-state index in [4.69, 9.17) is 4.74 Å². The summed E-state index contributed by atoms with van der Waals surface area (Å²) in [4.78, 5) is 4.27. The lowest BCUT2D eigenvalue weighted by atomic mass is 10.1. The van der Waals surface area contributed by atoms with Gasteiger partial charge in [-0.3, -0.25) is 4.99 Å². The molecular weight excluding hydrogens is 469 g/mol. The van der Waals surface area contributed by atoms with E-state index < -0.39 is 0 Å². The molecule has 0 amide bonds. The van der Waals surface area contributed by atoms with Gasteiger partial charge in [0.2, 0.25) is 0 Å². The summed E-state index contributed by atoms with van der Waals surface area (Å²) in [6.07, 6.45) is 4.54. The first-order valence-corrected chi connectivity index (χ1v) is 10.4. The maximum absolute atomic E-state index is 5.77. The quantitative estimate of drug-likeness (QED) is 0.216. The minimum absolute atomic E-state index is 0. The van der Waals surface area contributed by atoms with E-state index >= 15 is 0 Å². The van der Waals surface area contributed by atoms with Crippen molar-refractivity contribution in [3.8, 4) is 5.75 Å². The normalized spacial score (nSPS) is 10.8. The monoisotopic (exact) mass is 499 g/mol. The fourth-order valence-electron chi connectivity index (χ4n) is 2.42. The average molecular weight is 499 g/mol. The van der Waals surface area contributed by atoms with E-state index in [0.29, 0.717) is 6.61 Å². The first-order valence-electron chi connectivity index (χ1n) is 9.01. The molecule has 0 spiro atoms. The van der Waals surface area contributed by atoms with Crippen molar-refractivity contribution in [3.63, 3.8) is 0 Å². The molecule has 0 heterocycles. The molecule has 0 saturated carbocycles. The van der Waals surface area contributed by atoms with Crippen molar-refractivity contribution in [1.82, 2.24) is 10.6 Å². The number of guanidine groups is 1. The largest absolute Gasteiger partial charge is 0.489 e. The van der Waals surface area contributed by atoms with Gasteiger partial charge in [-0.05, 0) is 48.1 Å². The SMILES string of the molecule is CN=C(NCCCCSC)NCc1ccc(COc2ccccc2)cc1.I. The Morgan fingerprint density at radius 3 is 2.33 bits per heavy atom. The van der Waals surface area contributed by atoms with Crippen LogP contribution in [0.1, 0.15) is 24.0 Å². The second kappa shape index (κ2) is 14.6. The second-order valence-corrected chi connectivity index (χ2v) is 6.96. The third kappa shape index (κ3) is 9.91. The van der Waals surface area contributed by atoms with Gasteiger partial charge in [-0.15, -0.1) is 24.0 Å². The van der Waals surface area contributed by atoms with Crippen molar-refractivity contribution in [2.24, 2.45) is 4.99 Å². The van der Waals surface area contributed by atoms with Crippen molar-refractivity contribution in [1.29, 1.82) is 0 Å². The van der Waals surface area contributed by atoms with Crippen molar-refractivity contribution in [2.45, 2.75) is 26.0 Å². The first-order chi connectivity index (χ1) is 12.8. The molecular formula is C21H30IN3OS. The Morgan fingerprint density at radius 1 is 0.963 bits per heavy atom. The van der Waals surface area contributed by atoms with Crippen LogP contribution < -0.4 is 15.4 Å². The average Bonchev–Trinajstić information content (AvgIpc) is 2.70. The summed E-state index contributed by atoms with van der Waals surface area (Å²) in [5.41, 5.74) is 2.38. The summed E-state index contributed by atoms with van der Waals surface area (Å²) in [6, 6.07) is 18.4. The Hall–Kier alpha value is -1.41. The van der Waals surface area contributed by atoms with Gasteiger partial charge >= 0.3 is 0 Å². The molecule has 0 aliphatic heterocycles. The van der Waals surface area contributed by atoms with Gasteiger partial charge in [-0.1, -0.05) is 42.5 Å². The molecule has 148 valence electrons. The molecule has 2 N–H and O–H groups in total. The fraction of sp³-hybridized carbons (Fsp3) is 0.381. The minimum atomic E-state index is 0. The highest BCUT2D eigenvalue weighted by Crippen LogP contribution is 2.12. The van der Waals surface area contributed by atoms with Crippen molar-refractivity contribution in [2.75, 3.05) is 25.6 Å². The number of rotatable bonds is 10. The van der Waals surface area contributed by atoms with E-state index in [1.54, 1.807) is 7.05 Å². The van der Waals surface area contributed by atoms with Crippen LogP contribution in [0.3, 0.4) is 0 Å². The molecule has 0 saturated heterocycles. The number of unbranched alkanes of at least 4 members (excludes halogenated alkanes) is 1. The molecule has 2 aromatic rings. The zero-order chi connectivity index (χ0) is 18.5. The number of ether oxygens (including phenoxy) is 1. The summed E-state index contributed by atoms with van der Waals surface area (Å²) >= 11 is 1.89. The highest BCUT2D eigenvalue weighted by Gasteiger charge is 2.00. The summed E-state index contributed by atoms with van der Waals surface area (Å²) in [7, 11) is 1.81. The Morgan fingerprint density at radius 2 is 1.67 bits per heavy atom. The summed E-state index contributed by atoms with van der Waals surface area (Å²) in [5, 5.41) is 6.71. The molecule has 2 aromatic carbocycles. The maximum atomic E-state index is 5.77. The van der Waals surface area contributed by atoms with Crippen LogP contribution in [0.25, 0.3) is 0 Å². The lowest BCUT2D eigenvalue weighted by Crippen LogP contribution is -2.37. The van der Waals surface area contributed by atoms with Crippen LogP contribution in [0.5, 0.6) is 5.75 Å². The third-order valence-electron chi connectivity index (χ3n) is 3.92. The van der Waals surface area contributed by atoms with Gasteiger partial charge < -0.3 is 15.4 Å². The standard InChI is InChI=1S/C21H29N3OS.HI/c1-22-21(23-14-6-7-15-26-2)24-16-18-10-12-19(13-11-18)17-25-20-8-4-3-5-9-20;/h3-5,8-13H,6-7,14-17H2,1-2H3,(H2,22,23,24);1H. The van der Waals surface area contributed by atoms with Crippen LogP contribution in [0, 0.1) is 0 Å². The molecule has 6 heteroatoms. The van der Waals surface area contributed by atoms with E-state index in [9.17, 15) is 0 Å². The number of hydrogen-bond acceptors (Lipinski definition) is 3. The second-order valence-electron chi connectivity index (χ2n) is 5.97. The van der Waals surface area contributed by atoms with E-state index in [1.165, 1.54) is 17.7 Å². The molecule has 0 atom stereocenters. The number of hydrogen-bond donors (Lipinski definition) is 2. The van der Waals surface area contributed by atoms with Gasteiger partial charge in [0, 0.05) is 20.1 Å². The molecule has 0 bridgehead atoms. The smallest absolute Gasteiger partial charge is 0.191 e. The van der Waals surface area contributed by atoms with Crippen LogP contribution in [0.4, 0.5) is 0 Å². The fourth-order valence-corrected chi connectivity index (χ4v) is 2.91. The van der Waals surface area contributed by atoms with Crippen LogP contribution in [0.15, 0.2) is 59.6 Å². The van der Waals surface area contributed by atoms with Crippen LogP contribution in [-0.2, 0) is 13.2 Å². The van der Waals surface area contributed by atoms with Crippen molar-refractivity contribution < 1.29 is 4.74 Å². The van der Waals surface area contributed by atoms with Gasteiger partial charge in [-0.25, -0.2) is 0 Å². The Kier molecular flexibility index (Phi) is 12.8. The number of aliphatic imine (C=N–C) groups is 1. The highest BCUT2D eigenvalue weighted by atomic mass is 127. The summed E-state index contributed by atoms with van der Waals surface area (Å²) < 4.78 is 5.77. The number of para-hydroxylation sites is 1.